The fourth-order valence-electron chi connectivity index (χ4n) is 1.64. The zero-order valence-corrected chi connectivity index (χ0v) is 9.58. The number of carbonyl (C=O) groups excluding carboxylic acids is 1. The Morgan fingerprint density at radius 1 is 1.36 bits per heavy atom. The maximum atomic E-state index is 11.8. The second-order valence-electron chi connectivity index (χ2n) is 4.39. The highest BCUT2D eigenvalue weighted by molar-refractivity contribution is 6.00. The SMILES string of the molecule is CC(C)N=C1CCCN1C(=O)C(C)C. The first-order valence-electron chi connectivity index (χ1n) is 5.40. The maximum Gasteiger partial charge on any atom is 0.230 e. The van der Waals surface area contributed by atoms with Crippen molar-refractivity contribution >= 4 is 11.7 Å². The van der Waals surface area contributed by atoms with E-state index in [0.29, 0.717) is 0 Å². The fourth-order valence-corrected chi connectivity index (χ4v) is 1.64. The predicted molar refractivity (Wildman–Crippen MR) is 58.4 cm³/mol. The summed E-state index contributed by atoms with van der Waals surface area (Å²) in [6, 6.07) is 0.283. The third-order valence-corrected chi connectivity index (χ3v) is 2.26. The summed E-state index contributed by atoms with van der Waals surface area (Å²) in [6.07, 6.45) is 2.01. The zero-order valence-electron chi connectivity index (χ0n) is 9.58. The van der Waals surface area contributed by atoms with Crippen LogP contribution in [0, 0.1) is 5.92 Å². The molecule has 1 aliphatic heterocycles. The lowest BCUT2D eigenvalue weighted by Crippen LogP contribution is -2.35. The Morgan fingerprint density at radius 3 is 2.50 bits per heavy atom. The fraction of sp³-hybridized carbons (Fsp3) is 0.818. The number of hydrogen-bond donors (Lipinski definition) is 0. The molecular formula is C11H20N2O. The highest BCUT2D eigenvalue weighted by atomic mass is 16.2. The molecule has 3 heteroatoms. The van der Waals surface area contributed by atoms with Crippen LogP contribution in [0.4, 0.5) is 0 Å². The van der Waals surface area contributed by atoms with E-state index >= 15 is 0 Å². The molecule has 1 saturated heterocycles. The van der Waals surface area contributed by atoms with Crippen LogP contribution in [-0.2, 0) is 4.79 Å². The zero-order chi connectivity index (χ0) is 10.7. The lowest BCUT2D eigenvalue weighted by molar-refractivity contribution is -0.130. The minimum absolute atomic E-state index is 0.0745. The van der Waals surface area contributed by atoms with Crippen molar-refractivity contribution in [3.05, 3.63) is 0 Å². The molecule has 80 valence electrons. The highest BCUT2D eigenvalue weighted by Crippen LogP contribution is 2.15. The van der Waals surface area contributed by atoms with Crippen molar-refractivity contribution in [3.63, 3.8) is 0 Å². The van der Waals surface area contributed by atoms with Crippen LogP contribution in [0.2, 0.25) is 0 Å². The number of nitrogens with zero attached hydrogens (tertiary/aromatic N) is 2. The normalized spacial score (nSPS) is 20.1. The van der Waals surface area contributed by atoms with Gasteiger partial charge in [-0.15, -0.1) is 0 Å². The van der Waals surface area contributed by atoms with Crippen LogP contribution < -0.4 is 0 Å². The van der Waals surface area contributed by atoms with Crippen LogP contribution in [-0.4, -0.2) is 29.2 Å². The molecule has 0 aromatic rings. The summed E-state index contributed by atoms with van der Waals surface area (Å²) in [7, 11) is 0. The second-order valence-corrected chi connectivity index (χ2v) is 4.39. The van der Waals surface area contributed by atoms with Gasteiger partial charge in [-0.05, 0) is 20.3 Å². The van der Waals surface area contributed by atoms with Gasteiger partial charge in [0, 0.05) is 24.9 Å². The number of likely N-dealkylation sites (tertiary alicyclic amines) is 1. The van der Waals surface area contributed by atoms with E-state index in [2.05, 4.69) is 4.99 Å². The second kappa shape index (κ2) is 4.58. The maximum absolute atomic E-state index is 11.8. The van der Waals surface area contributed by atoms with Gasteiger partial charge in [-0.2, -0.15) is 0 Å². The largest absolute Gasteiger partial charge is 0.300 e. The Bertz CT molecular complexity index is 244. The molecule has 0 unspecified atom stereocenters. The standard InChI is InChI=1S/C11H20N2O/c1-8(2)11(14)13-7-5-6-10(13)12-9(3)4/h8-9H,5-7H2,1-4H3. The van der Waals surface area contributed by atoms with Crippen molar-refractivity contribution in [2.24, 2.45) is 10.9 Å². The van der Waals surface area contributed by atoms with Crippen molar-refractivity contribution in [3.8, 4) is 0 Å². The van der Waals surface area contributed by atoms with E-state index in [1.165, 1.54) is 0 Å². The summed E-state index contributed by atoms with van der Waals surface area (Å²) in [6.45, 7) is 8.82. The number of rotatable bonds is 2. The van der Waals surface area contributed by atoms with Crippen molar-refractivity contribution in [1.29, 1.82) is 0 Å². The van der Waals surface area contributed by atoms with E-state index in [0.717, 1.165) is 25.2 Å². The number of carbonyl (C=O) groups is 1. The Kier molecular flexibility index (Phi) is 3.67. The van der Waals surface area contributed by atoms with E-state index in [-0.39, 0.29) is 17.9 Å². The minimum Gasteiger partial charge on any atom is -0.300 e. The molecule has 0 aliphatic carbocycles. The van der Waals surface area contributed by atoms with Gasteiger partial charge in [0.1, 0.15) is 5.84 Å². The average molecular weight is 196 g/mol. The first-order valence-corrected chi connectivity index (χ1v) is 5.40. The smallest absolute Gasteiger partial charge is 0.230 e. The van der Waals surface area contributed by atoms with E-state index in [1.54, 1.807) is 0 Å². The summed E-state index contributed by atoms with van der Waals surface area (Å²) in [5, 5.41) is 0. The summed E-state index contributed by atoms with van der Waals surface area (Å²) in [5.74, 6) is 1.27. The molecular weight excluding hydrogens is 176 g/mol. The number of aliphatic imine (C=N–C) groups is 1. The minimum atomic E-state index is 0.0745. The summed E-state index contributed by atoms with van der Waals surface area (Å²) in [5.41, 5.74) is 0. The molecule has 0 spiro atoms. The van der Waals surface area contributed by atoms with Crippen LogP contribution in [0.3, 0.4) is 0 Å². The molecule has 0 aromatic carbocycles. The van der Waals surface area contributed by atoms with Crippen LogP contribution >= 0.6 is 0 Å². The van der Waals surface area contributed by atoms with E-state index < -0.39 is 0 Å². The van der Waals surface area contributed by atoms with Gasteiger partial charge >= 0.3 is 0 Å². The Morgan fingerprint density at radius 2 is 2.00 bits per heavy atom. The summed E-state index contributed by atoms with van der Waals surface area (Å²) in [4.78, 5) is 18.1. The molecule has 1 rings (SSSR count). The number of amidine groups is 1. The van der Waals surface area contributed by atoms with Crippen LogP contribution in [0.15, 0.2) is 4.99 Å². The van der Waals surface area contributed by atoms with Gasteiger partial charge in [-0.25, -0.2) is 0 Å². The van der Waals surface area contributed by atoms with Crippen molar-refractivity contribution in [2.45, 2.75) is 46.6 Å². The lowest BCUT2D eigenvalue weighted by Gasteiger charge is -2.19. The average Bonchev–Trinajstić information content (AvgIpc) is 2.49. The number of amides is 1. The van der Waals surface area contributed by atoms with Crippen molar-refractivity contribution < 1.29 is 4.79 Å². The molecule has 3 nitrogen and oxygen atoms in total. The van der Waals surface area contributed by atoms with Gasteiger partial charge in [0.25, 0.3) is 0 Å². The molecule has 0 radical (unpaired) electrons. The molecule has 1 amide bonds. The molecule has 14 heavy (non-hydrogen) atoms. The van der Waals surface area contributed by atoms with E-state index in [9.17, 15) is 4.79 Å². The van der Waals surface area contributed by atoms with Gasteiger partial charge in [-0.3, -0.25) is 9.79 Å². The summed E-state index contributed by atoms with van der Waals surface area (Å²) >= 11 is 0. The van der Waals surface area contributed by atoms with Crippen LogP contribution in [0.5, 0.6) is 0 Å². The van der Waals surface area contributed by atoms with Gasteiger partial charge in [0.15, 0.2) is 0 Å². The first kappa shape index (κ1) is 11.2. The molecule has 1 aliphatic rings. The predicted octanol–water partition coefficient (Wildman–Crippen LogP) is 2.07. The Hall–Kier alpha value is -0.860. The molecule has 0 saturated carbocycles. The van der Waals surface area contributed by atoms with E-state index in [1.807, 2.05) is 32.6 Å². The van der Waals surface area contributed by atoms with E-state index in [4.69, 9.17) is 0 Å². The first-order chi connectivity index (χ1) is 6.52. The van der Waals surface area contributed by atoms with Crippen molar-refractivity contribution in [1.82, 2.24) is 4.90 Å². The van der Waals surface area contributed by atoms with Crippen LogP contribution in [0.1, 0.15) is 40.5 Å². The molecule has 0 atom stereocenters. The molecule has 0 N–H and O–H groups in total. The Labute approximate surface area is 86.2 Å². The van der Waals surface area contributed by atoms with Gasteiger partial charge in [-0.1, -0.05) is 13.8 Å². The molecule has 0 bridgehead atoms. The van der Waals surface area contributed by atoms with Gasteiger partial charge in [0.2, 0.25) is 5.91 Å². The topological polar surface area (TPSA) is 32.7 Å². The summed E-state index contributed by atoms with van der Waals surface area (Å²) < 4.78 is 0. The molecule has 1 fully saturated rings. The van der Waals surface area contributed by atoms with Crippen LogP contribution in [0.25, 0.3) is 0 Å². The Balaban J connectivity index is 2.74. The molecule has 0 aromatic heterocycles. The monoisotopic (exact) mass is 196 g/mol. The highest BCUT2D eigenvalue weighted by Gasteiger charge is 2.26. The quantitative estimate of drug-likeness (QED) is 0.665. The molecule has 1 heterocycles. The number of hydrogen-bond acceptors (Lipinski definition) is 2. The van der Waals surface area contributed by atoms with Gasteiger partial charge in [0.05, 0.1) is 0 Å². The van der Waals surface area contributed by atoms with Crippen molar-refractivity contribution in [2.75, 3.05) is 6.54 Å². The lowest BCUT2D eigenvalue weighted by atomic mass is 10.2. The third-order valence-electron chi connectivity index (χ3n) is 2.26. The van der Waals surface area contributed by atoms with Gasteiger partial charge < -0.3 is 4.90 Å². The third kappa shape index (κ3) is 2.56.